The van der Waals surface area contributed by atoms with Crippen LogP contribution in [0, 0.1) is 12.8 Å². The highest BCUT2D eigenvalue weighted by Gasteiger charge is 2.27. The lowest BCUT2D eigenvalue weighted by atomic mass is 10.1. The van der Waals surface area contributed by atoms with Gasteiger partial charge in [-0.15, -0.1) is 0 Å². The van der Waals surface area contributed by atoms with Crippen molar-refractivity contribution in [1.82, 2.24) is 4.90 Å². The number of urea groups is 1. The Labute approximate surface area is 112 Å². The number of carbonyl (C=O) groups is 2. The third-order valence-electron chi connectivity index (χ3n) is 3.31. The summed E-state index contributed by atoms with van der Waals surface area (Å²) < 4.78 is 0. The van der Waals surface area contributed by atoms with Crippen LogP contribution >= 0.6 is 0 Å². The molecule has 1 unspecified atom stereocenters. The lowest BCUT2D eigenvalue weighted by Crippen LogP contribution is -2.33. The molecular weight excluding hydrogens is 244 g/mol. The predicted molar refractivity (Wildman–Crippen MR) is 72.1 cm³/mol. The van der Waals surface area contributed by atoms with Crippen LogP contribution in [0.15, 0.2) is 24.3 Å². The third kappa shape index (κ3) is 3.71. The minimum Gasteiger partial charge on any atom is -0.481 e. The van der Waals surface area contributed by atoms with Crippen molar-refractivity contribution in [2.45, 2.75) is 19.8 Å². The largest absolute Gasteiger partial charge is 0.481 e. The lowest BCUT2D eigenvalue weighted by molar-refractivity contribution is -0.138. The highest BCUT2D eigenvalue weighted by molar-refractivity contribution is 5.89. The summed E-state index contributed by atoms with van der Waals surface area (Å²) in [6, 6.07) is 7.45. The van der Waals surface area contributed by atoms with Gasteiger partial charge >= 0.3 is 12.0 Å². The molecule has 102 valence electrons. The number of hydrogen-bond donors (Lipinski definition) is 2. The van der Waals surface area contributed by atoms with Crippen molar-refractivity contribution in [2.24, 2.45) is 5.92 Å². The molecule has 5 nitrogen and oxygen atoms in total. The number of amides is 2. The van der Waals surface area contributed by atoms with Crippen LogP contribution in [-0.4, -0.2) is 35.1 Å². The number of carboxylic acid groups (broad SMARTS) is 1. The number of aryl methyl sites for hydroxylation is 1. The predicted octanol–water partition coefficient (Wildman–Crippen LogP) is 2.32. The van der Waals surface area contributed by atoms with Crippen LogP contribution in [0.3, 0.4) is 0 Å². The summed E-state index contributed by atoms with van der Waals surface area (Å²) in [5.74, 6) is -0.730. The van der Waals surface area contributed by atoms with E-state index in [9.17, 15) is 9.59 Å². The monoisotopic (exact) mass is 262 g/mol. The molecule has 1 atom stereocenters. The molecule has 0 spiro atoms. The van der Waals surface area contributed by atoms with E-state index in [-0.39, 0.29) is 18.4 Å². The molecule has 1 aliphatic heterocycles. The zero-order chi connectivity index (χ0) is 13.8. The zero-order valence-corrected chi connectivity index (χ0v) is 10.9. The third-order valence-corrected chi connectivity index (χ3v) is 3.31. The van der Waals surface area contributed by atoms with Crippen LogP contribution in [0.5, 0.6) is 0 Å². The molecule has 1 heterocycles. The summed E-state index contributed by atoms with van der Waals surface area (Å²) in [5, 5.41) is 11.6. The van der Waals surface area contributed by atoms with E-state index in [2.05, 4.69) is 5.32 Å². The van der Waals surface area contributed by atoms with Crippen LogP contribution in [0.4, 0.5) is 10.5 Å². The highest BCUT2D eigenvalue weighted by Crippen LogP contribution is 2.20. The van der Waals surface area contributed by atoms with Gasteiger partial charge in [0.1, 0.15) is 0 Å². The van der Waals surface area contributed by atoms with Gasteiger partial charge in [-0.05, 0) is 37.0 Å². The van der Waals surface area contributed by atoms with Crippen LogP contribution < -0.4 is 5.32 Å². The van der Waals surface area contributed by atoms with Crippen LogP contribution in [0.1, 0.15) is 18.4 Å². The summed E-state index contributed by atoms with van der Waals surface area (Å²) in [7, 11) is 0. The van der Waals surface area contributed by atoms with E-state index in [0.29, 0.717) is 13.1 Å². The summed E-state index contributed by atoms with van der Waals surface area (Å²) >= 11 is 0. The van der Waals surface area contributed by atoms with E-state index in [4.69, 9.17) is 5.11 Å². The highest BCUT2D eigenvalue weighted by atomic mass is 16.4. The molecule has 1 aliphatic rings. The summed E-state index contributed by atoms with van der Waals surface area (Å²) in [5.41, 5.74) is 1.86. The van der Waals surface area contributed by atoms with E-state index >= 15 is 0 Å². The second-order valence-corrected chi connectivity index (χ2v) is 5.00. The van der Waals surface area contributed by atoms with Gasteiger partial charge < -0.3 is 15.3 Å². The lowest BCUT2D eigenvalue weighted by Gasteiger charge is -2.17. The van der Waals surface area contributed by atoms with E-state index in [1.165, 1.54) is 0 Å². The van der Waals surface area contributed by atoms with Gasteiger partial charge in [0.25, 0.3) is 0 Å². The molecule has 0 saturated carbocycles. The average Bonchev–Trinajstić information content (AvgIpc) is 2.76. The second-order valence-electron chi connectivity index (χ2n) is 5.00. The first kappa shape index (κ1) is 13.4. The summed E-state index contributed by atoms with van der Waals surface area (Å²) in [4.78, 5) is 24.3. The number of likely N-dealkylation sites (tertiary alicyclic amines) is 1. The van der Waals surface area contributed by atoms with E-state index in [0.717, 1.165) is 17.7 Å². The molecule has 1 aromatic rings. The molecule has 0 aliphatic carbocycles. The quantitative estimate of drug-likeness (QED) is 0.878. The van der Waals surface area contributed by atoms with Crippen LogP contribution in [-0.2, 0) is 4.79 Å². The first-order valence-corrected chi connectivity index (χ1v) is 6.39. The van der Waals surface area contributed by atoms with Crippen molar-refractivity contribution in [2.75, 3.05) is 18.4 Å². The number of nitrogens with one attached hydrogen (secondary N) is 1. The maximum atomic E-state index is 12.0. The Hall–Kier alpha value is -2.04. The Bertz CT molecular complexity index is 487. The van der Waals surface area contributed by atoms with Crippen molar-refractivity contribution in [3.63, 3.8) is 0 Å². The Kier molecular flexibility index (Phi) is 4.04. The first-order chi connectivity index (χ1) is 9.04. The topological polar surface area (TPSA) is 69.6 Å². The standard InChI is InChI=1S/C14H18N2O3/c1-10-3-2-4-12(7-10)15-14(19)16-6-5-11(9-16)8-13(17)18/h2-4,7,11H,5-6,8-9H2,1H3,(H,15,19)(H,17,18). The van der Waals surface area contributed by atoms with E-state index < -0.39 is 5.97 Å². The Morgan fingerprint density at radius 1 is 1.47 bits per heavy atom. The minimum absolute atomic E-state index is 0.0701. The first-order valence-electron chi connectivity index (χ1n) is 6.39. The second kappa shape index (κ2) is 5.73. The SMILES string of the molecule is Cc1cccc(NC(=O)N2CCC(CC(=O)O)C2)c1. The van der Waals surface area contributed by atoms with Crippen molar-refractivity contribution in [1.29, 1.82) is 0 Å². The minimum atomic E-state index is -0.800. The fourth-order valence-electron chi connectivity index (χ4n) is 2.36. The number of anilines is 1. The molecule has 2 amide bonds. The van der Waals surface area contributed by atoms with E-state index in [1.54, 1.807) is 4.90 Å². The number of hydrogen-bond acceptors (Lipinski definition) is 2. The van der Waals surface area contributed by atoms with Gasteiger partial charge in [-0.2, -0.15) is 0 Å². The van der Waals surface area contributed by atoms with Gasteiger partial charge in [0.2, 0.25) is 0 Å². The number of nitrogens with zero attached hydrogens (tertiary/aromatic N) is 1. The maximum Gasteiger partial charge on any atom is 0.321 e. The van der Waals surface area contributed by atoms with Crippen molar-refractivity contribution < 1.29 is 14.7 Å². The van der Waals surface area contributed by atoms with Gasteiger partial charge in [-0.1, -0.05) is 12.1 Å². The Balaban J connectivity index is 1.89. The average molecular weight is 262 g/mol. The van der Waals surface area contributed by atoms with Gasteiger partial charge in [-0.25, -0.2) is 4.79 Å². The molecule has 5 heteroatoms. The molecule has 0 aromatic heterocycles. The molecule has 0 bridgehead atoms. The molecule has 0 radical (unpaired) electrons. The van der Waals surface area contributed by atoms with Crippen LogP contribution in [0.25, 0.3) is 0 Å². The number of carboxylic acids is 1. The molecule has 19 heavy (non-hydrogen) atoms. The fraction of sp³-hybridized carbons (Fsp3) is 0.429. The molecule has 2 N–H and O–H groups in total. The van der Waals surface area contributed by atoms with Crippen molar-refractivity contribution >= 4 is 17.7 Å². The molecule has 1 fully saturated rings. The molecule has 1 saturated heterocycles. The number of benzene rings is 1. The normalized spacial score (nSPS) is 18.4. The smallest absolute Gasteiger partial charge is 0.321 e. The van der Waals surface area contributed by atoms with Crippen LogP contribution in [0.2, 0.25) is 0 Å². The number of carbonyl (C=O) groups excluding carboxylic acids is 1. The van der Waals surface area contributed by atoms with Gasteiger partial charge in [-0.3, -0.25) is 4.79 Å². The summed E-state index contributed by atoms with van der Waals surface area (Å²) in [6.45, 7) is 3.11. The van der Waals surface area contributed by atoms with E-state index in [1.807, 2.05) is 31.2 Å². The Morgan fingerprint density at radius 2 is 2.26 bits per heavy atom. The number of rotatable bonds is 3. The summed E-state index contributed by atoms with van der Waals surface area (Å²) in [6.07, 6.45) is 0.891. The zero-order valence-electron chi connectivity index (χ0n) is 10.9. The Morgan fingerprint density at radius 3 is 2.95 bits per heavy atom. The number of aliphatic carboxylic acids is 1. The van der Waals surface area contributed by atoms with Gasteiger partial charge in [0.15, 0.2) is 0 Å². The van der Waals surface area contributed by atoms with Gasteiger partial charge in [0.05, 0.1) is 0 Å². The van der Waals surface area contributed by atoms with Crippen molar-refractivity contribution in [3.8, 4) is 0 Å². The fourth-order valence-corrected chi connectivity index (χ4v) is 2.36. The molecule has 2 rings (SSSR count). The van der Waals surface area contributed by atoms with Gasteiger partial charge in [0, 0.05) is 25.2 Å². The molecular formula is C14H18N2O3. The molecule has 1 aromatic carbocycles. The maximum absolute atomic E-state index is 12.0. The van der Waals surface area contributed by atoms with Crippen molar-refractivity contribution in [3.05, 3.63) is 29.8 Å².